The van der Waals surface area contributed by atoms with Gasteiger partial charge in [-0.2, -0.15) is 0 Å². The summed E-state index contributed by atoms with van der Waals surface area (Å²) in [7, 11) is 0. The Balaban J connectivity index is 1.41. The summed E-state index contributed by atoms with van der Waals surface area (Å²) in [5, 5.41) is 14.6. The number of nitrogens with one attached hydrogen (secondary N) is 2. The Morgan fingerprint density at radius 1 is 1.27 bits per heavy atom. The molecule has 1 aromatic heterocycles. The van der Waals surface area contributed by atoms with Crippen molar-refractivity contribution in [2.75, 3.05) is 18.4 Å². The van der Waals surface area contributed by atoms with Gasteiger partial charge in [-0.1, -0.05) is 53.4 Å². The molecule has 5 nitrogen and oxygen atoms in total. The maximum absolute atomic E-state index is 11.8. The van der Waals surface area contributed by atoms with E-state index in [1.807, 2.05) is 18.2 Å². The fourth-order valence-corrected chi connectivity index (χ4v) is 3.64. The van der Waals surface area contributed by atoms with Crippen molar-refractivity contribution < 1.29 is 4.79 Å². The minimum Gasteiger partial charge on any atom is -0.308 e. The molecule has 22 heavy (non-hydrogen) atoms. The van der Waals surface area contributed by atoms with Crippen molar-refractivity contribution in [3.63, 3.8) is 0 Å². The minimum absolute atomic E-state index is 0.0589. The van der Waals surface area contributed by atoms with Gasteiger partial charge in [-0.05, 0) is 30.9 Å². The normalized spacial score (nSPS) is 14.0. The van der Waals surface area contributed by atoms with E-state index in [0.29, 0.717) is 11.7 Å². The Labute approximate surface area is 137 Å². The van der Waals surface area contributed by atoms with E-state index in [4.69, 9.17) is 0 Å². The highest BCUT2D eigenvalue weighted by Crippen LogP contribution is 2.28. The van der Waals surface area contributed by atoms with E-state index in [1.165, 1.54) is 29.7 Å². The van der Waals surface area contributed by atoms with Gasteiger partial charge in [-0.3, -0.25) is 10.1 Å². The highest BCUT2D eigenvalue weighted by molar-refractivity contribution is 8.00. The van der Waals surface area contributed by atoms with Crippen molar-refractivity contribution >= 4 is 34.1 Å². The van der Waals surface area contributed by atoms with Crippen LogP contribution in [0, 0.1) is 5.92 Å². The number of benzene rings is 1. The van der Waals surface area contributed by atoms with E-state index < -0.39 is 0 Å². The molecule has 1 aliphatic rings. The number of carbonyl (C=O) groups is 1. The zero-order valence-corrected chi connectivity index (χ0v) is 13.8. The van der Waals surface area contributed by atoms with Gasteiger partial charge < -0.3 is 5.32 Å². The van der Waals surface area contributed by atoms with Crippen LogP contribution in [0.2, 0.25) is 0 Å². The van der Waals surface area contributed by atoms with Crippen LogP contribution in [0.1, 0.15) is 18.4 Å². The number of rotatable bonds is 8. The molecule has 116 valence electrons. The molecule has 1 saturated carbocycles. The number of carbonyl (C=O) groups excluding carboxylic acids is 1. The fraction of sp³-hybridized carbons (Fsp3) is 0.400. The molecule has 0 saturated heterocycles. The van der Waals surface area contributed by atoms with Crippen molar-refractivity contribution in [2.24, 2.45) is 5.92 Å². The van der Waals surface area contributed by atoms with Gasteiger partial charge in [0, 0.05) is 5.75 Å². The summed E-state index contributed by atoms with van der Waals surface area (Å²) in [6, 6.07) is 10.2. The van der Waals surface area contributed by atoms with Gasteiger partial charge in [0.1, 0.15) is 0 Å². The molecule has 1 fully saturated rings. The lowest BCUT2D eigenvalue weighted by Gasteiger charge is -2.02. The monoisotopic (exact) mass is 334 g/mol. The standard InChI is InChI=1S/C15H18N4OS2/c20-13(9-16-8-11-6-7-11)17-14-18-19-15(22-14)21-10-12-4-2-1-3-5-12/h1-5,11,16H,6-10H2,(H,17,18,20). The molecule has 1 heterocycles. The maximum Gasteiger partial charge on any atom is 0.240 e. The highest BCUT2D eigenvalue weighted by atomic mass is 32.2. The van der Waals surface area contributed by atoms with E-state index >= 15 is 0 Å². The molecule has 0 radical (unpaired) electrons. The molecule has 1 aliphatic carbocycles. The first kappa shape index (κ1) is 15.5. The average molecular weight is 334 g/mol. The average Bonchev–Trinajstić information content (AvgIpc) is 3.25. The van der Waals surface area contributed by atoms with E-state index in [0.717, 1.165) is 22.6 Å². The predicted octanol–water partition coefficient (Wildman–Crippen LogP) is 2.77. The lowest BCUT2D eigenvalue weighted by atomic mass is 10.2. The summed E-state index contributed by atoms with van der Waals surface area (Å²) in [6.45, 7) is 1.27. The van der Waals surface area contributed by atoms with Crippen molar-refractivity contribution in [3.8, 4) is 0 Å². The molecule has 0 aliphatic heterocycles. The Morgan fingerprint density at radius 3 is 2.86 bits per heavy atom. The Morgan fingerprint density at radius 2 is 2.09 bits per heavy atom. The van der Waals surface area contributed by atoms with E-state index in [2.05, 4.69) is 33.0 Å². The van der Waals surface area contributed by atoms with Gasteiger partial charge in [0.05, 0.1) is 6.54 Å². The largest absolute Gasteiger partial charge is 0.308 e. The Bertz CT molecular complexity index is 613. The number of aromatic nitrogens is 2. The van der Waals surface area contributed by atoms with Gasteiger partial charge in [-0.25, -0.2) is 0 Å². The number of anilines is 1. The smallest absolute Gasteiger partial charge is 0.240 e. The maximum atomic E-state index is 11.8. The zero-order chi connectivity index (χ0) is 15.2. The summed E-state index contributed by atoms with van der Waals surface area (Å²) in [5.41, 5.74) is 1.25. The molecule has 1 amide bonds. The van der Waals surface area contributed by atoms with Crippen LogP contribution in [-0.4, -0.2) is 29.2 Å². The highest BCUT2D eigenvalue weighted by Gasteiger charge is 2.20. The van der Waals surface area contributed by atoms with Gasteiger partial charge in [0.2, 0.25) is 11.0 Å². The zero-order valence-electron chi connectivity index (χ0n) is 12.1. The first-order chi connectivity index (χ1) is 10.8. The molecule has 2 N–H and O–H groups in total. The Kier molecular flexibility index (Phi) is 5.42. The Hall–Kier alpha value is -1.44. The van der Waals surface area contributed by atoms with Crippen LogP contribution in [0.5, 0.6) is 0 Å². The number of hydrogen-bond donors (Lipinski definition) is 2. The molecule has 0 unspecified atom stereocenters. The summed E-state index contributed by atoms with van der Waals surface area (Å²) < 4.78 is 0.866. The summed E-state index contributed by atoms with van der Waals surface area (Å²) in [4.78, 5) is 11.8. The van der Waals surface area contributed by atoms with Crippen molar-refractivity contribution in [3.05, 3.63) is 35.9 Å². The third-order valence-corrected chi connectivity index (χ3v) is 5.32. The van der Waals surface area contributed by atoms with Crippen molar-refractivity contribution in [1.82, 2.24) is 15.5 Å². The molecule has 0 spiro atoms. The molecular weight excluding hydrogens is 316 g/mol. The predicted molar refractivity (Wildman–Crippen MR) is 90.1 cm³/mol. The summed E-state index contributed by atoms with van der Waals surface area (Å²) in [5.74, 6) is 1.57. The van der Waals surface area contributed by atoms with Gasteiger partial charge >= 0.3 is 0 Å². The summed E-state index contributed by atoms with van der Waals surface area (Å²) in [6.07, 6.45) is 2.57. The second kappa shape index (κ2) is 7.71. The van der Waals surface area contributed by atoms with Crippen LogP contribution in [0.15, 0.2) is 34.7 Å². The third-order valence-electron chi connectivity index (χ3n) is 3.27. The molecule has 7 heteroatoms. The van der Waals surface area contributed by atoms with Gasteiger partial charge in [0.25, 0.3) is 0 Å². The molecular formula is C15H18N4OS2. The topological polar surface area (TPSA) is 66.9 Å². The fourth-order valence-electron chi connectivity index (χ4n) is 1.91. The number of nitrogens with zero attached hydrogens (tertiary/aromatic N) is 2. The van der Waals surface area contributed by atoms with Crippen LogP contribution in [-0.2, 0) is 10.5 Å². The lowest BCUT2D eigenvalue weighted by Crippen LogP contribution is -2.29. The molecule has 1 aromatic carbocycles. The molecule has 0 atom stereocenters. The second-order valence-corrected chi connectivity index (χ2v) is 7.47. The van der Waals surface area contributed by atoms with Crippen LogP contribution < -0.4 is 10.6 Å². The second-order valence-electron chi connectivity index (χ2n) is 5.27. The van der Waals surface area contributed by atoms with Gasteiger partial charge in [0.15, 0.2) is 4.34 Å². The molecule has 3 rings (SSSR count). The van der Waals surface area contributed by atoms with Crippen LogP contribution in [0.25, 0.3) is 0 Å². The molecule has 2 aromatic rings. The van der Waals surface area contributed by atoms with E-state index in [1.54, 1.807) is 11.8 Å². The lowest BCUT2D eigenvalue weighted by molar-refractivity contribution is -0.115. The minimum atomic E-state index is -0.0589. The third kappa shape index (κ3) is 5.08. The van der Waals surface area contributed by atoms with Crippen molar-refractivity contribution in [2.45, 2.75) is 22.9 Å². The quantitative estimate of drug-likeness (QED) is 0.574. The number of hydrogen-bond acceptors (Lipinski definition) is 6. The first-order valence-electron chi connectivity index (χ1n) is 7.30. The molecule has 0 bridgehead atoms. The SMILES string of the molecule is O=C(CNCC1CC1)Nc1nnc(SCc2ccccc2)s1. The summed E-state index contributed by atoms with van der Waals surface area (Å²) >= 11 is 3.04. The first-order valence-corrected chi connectivity index (χ1v) is 9.10. The number of thioether (sulfide) groups is 1. The van der Waals surface area contributed by atoms with Gasteiger partial charge in [-0.15, -0.1) is 10.2 Å². The van der Waals surface area contributed by atoms with E-state index in [9.17, 15) is 4.79 Å². The van der Waals surface area contributed by atoms with E-state index in [-0.39, 0.29) is 5.91 Å². The van der Waals surface area contributed by atoms with Crippen molar-refractivity contribution in [1.29, 1.82) is 0 Å². The van der Waals surface area contributed by atoms with Crippen LogP contribution in [0.3, 0.4) is 0 Å². The number of amides is 1. The van der Waals surface area contributed by atoms with Crippen LogP contribution in [0.4, 0.5) is 5.13 Å². The van der Waals surface area contributed by atoms with Crippen LogP contribution >= 0.6 is 23.1 Å².